The molecule has 1 aliphatic heterocycles. The Balaban J connectivity index is 2.54. The Bertz CT molecular complexity index is 297. The van der Waals surface area contributed by atoms with E-state index in [2.05, 4.69) is 38.3 Å². The predicted octanol–water partition coefficient (Wildman–Crippen LogP) is 1.79. The van der Waals surface area contributed by atoms with Gasteiger partial charge in [-0.25, -0.2) is 0 Å². The lowest BCUT2D eigenvalue weighted by Crippen LogP contribution is -2.62. The van der Waals surface area contributed by atoms with Crippen LogP contribution < -0.4 is 16.4 Å². The maximum atomic E-state index is 12.2. The van der Waals surface area contributed by atoms with Crippen molar-refractivity contribution in [3.63, 3.8) is 0 Å². The van der Waals surface area contributed by atoms with Crippen molar-refractivity contribution in [3.05, 3.63) is 0 Å². The van der Waals surface area contributed by atoms with Crippen molar-refractivity contribution in [1.29, 1.82) is 0 Å². The zero-order valence-electron chi connectivity index (χ0n) is 13.2. The van der Waals surface area contributed by atoms with Crippen molar-refractivity contribution in [1.82, 2.24) is 10.6 Å². The molecule has 4 heteroatoms. The Labute approximate surface area is 117 Å². The molecule has 0 saturated carbocycles. The molecule has 1 heterocycles. The predicted molar refractivity (Wildman–Crippen MR) is 79.9 cm³/mol. The average molecular weight is 269 g/mol. The van der Waals surface area contributed by atoms with E-state index >= 15 is 0 Å². The van der Waals surface area contributed by atoms with Crippen LogP contribution in [0.5, 0.6) is 0 Å². The second-order valence-corrected chi connectivity index (χ2v) is 7.34. The summed E-state index contributed by atoms with van der Waals surface area (Å²) in [4.78, 5) is 12.2. The average Bonchev–Trinajstić information content (AvgIpc) is 2.20. The highest BCUT2D eigenvalue weighted by atomic mass is 16.1. The van der Waals surface area contributed by atoms with E-state index in [9.17, 15) is 4.79 Å². The summed E-state index contributed by atoms with van der Waals surface area (Å²) in [5.41, 5.74) is 5.63. The summed E-state index contributed by atoms with van der Waals surface area (Å²) in [5.74, 6) is 0.233. The number of carbonyl (C=O) groups is 1. The van der Waals surface area contributed by atoms with Gasteiger partial charge in [-0.2, -0.15) is 0 Å². The molecule has 112 valence electrons. The monoisotopic (exact) mass is 269 g/mol. The fraction of sp³-hybridized carbons (Fsp3) is 0.933. The highest BCUT2D eigenvalue weighted by molar-refractivity contribution is 5.78. The molecule has 0 radical (unpaired) electrons. The summed E-state index contributed by atoms with van der Waals surface area (Å²) in [6, 6.07) is 0.263. The lowest BCUT2D eigenvalue weighted by Gasteiger charge is -2.46. The Morgan fingerprint density at radius 1 is 1.32 bits per heavy atom. The van der Waals surface area contributed by atoms with Crippen LogP contribution in [-0.4, -0.2) is 29.6 Å². The van der Waals surface area contributed by atoms with Crippen LogP contribution in [0.1, 0.15) is 60.3 Å². The van der Waals surface area contributed by atoms with Crippen molar-refractivity contribution < 1.29 is 4.79 Å². The van der Waals surface area contributed by atoms with Gasteiger partial charge in [-0.1, -0.05) is 6.92 Å². The summed E-state index contributed by atoms with van der Waals surface area (Å²) >= 11 is 0. The number of piperidine rings is 1. The highest BCUT2D eigenvalue weighted by Gasteiger charge is 2.38. The summed E-state index contributed by atoms with van der Waals surface area (Å²) in [6.45, 7) is 11.4. The Morgan fingerprint density at radius 2 is 1.84 bits per heavy atom. The molecule has 1 fully saturated rings. The first-order chi connectivity index (χ1) is 8.65. The summed E-state index contributed by atoms with van der Waals surface area (Å²) in [7, 11) is 0. The van der Waals surface area contributed by atoms with E-state index < -0.39 is 0 Å². The summed E-state index contributed by atoms with van der Waals surface area (Å²) < 4.78 is 0. The third kappa shape index (κ3) is 5.49. The van der Waals surface area contributed by atoms with Crippen LogP contribution >= 0.6 is 0 Å². The van der Waals surface area contributed by atoms with Crippen molar-refractivity contribution in [2.24, 2.45) is 11.7 Å². The van der Waals surface area contributed by atoms with Crippen LogP contribution in [0, 0.1) is 5.92 Å². The van der Waals surface area contributed by atoms with Crippen LogP contribution in [0.15, 0.2) is 0 Å². The Morgan fingerprint density at radius 3 is 2.32 bits per heavy atom. The van der Waals surface area contributed by atoms with Crippen LogP contribution in [0.25, 0.3) is 0 Å². The van der Waals surface area contributed by atoms with Gasteiger partial charge in [-0.15, -0.1) is 0 Å². The molecule has 1 atom stereocenters. The second kappa shape index (κ2) is 6.23. The number of carbonyl (C=O) groups excluding carboxylic acids is 1. The minimum atomic E-state index is 0.0599. The number of hydrogen-bond donors (Lipinski definition) is 3. The van der Waals surface area contributed by atoms with Gasteiger partial charge >= 0.3 is 0 Å². The van der Waals surface area contributed by atoms with Crippen molar-refractivity contribution in [2.75, 3.05) is 6.54 Å². The van der Waals surface area contributed by atoms with E-state index in [1.165, 1.54) is 0 Å². The Hall–Kier alpha value is -0.610. The summed E-state index contributed by atoms with van der Waals surface area (Å²) in [5, 5.41) is 6.85. The first-order valence-corrected chi connectivity index (χ1v) is 7.45. The lowest BCUT2D eigenvalue weighted by atomic mass is 9.79. The quantitative estimate of drug-likeness (QED) is 0.713. The summed E-state index contributed by atoms with van der Waals surface area (Å²) in [6.07, 6.45) is 3.75. The first kappa shape index (κ1) is 16.4. The second-order valence-electron chi connectivity index (χ2n) is 7.34. The molecule has 0 spiro atoms. The van der Waals surface area contributed by atoms with E-state index in [1.807, 2.05) is 6.92 Å². The molecule has 1 rings (SSSR count). The standard InChI is InChI=1S/C15H31N3O/c1-11(7-6-8-16)13(19)17-12-9-14(2,3)18-15(4,5)10-12/h11-12,18H,6-10,16H2,1-5H3,(H,17,19). The molecule has 0 aromatic carbocycles. The number of hydrogen-bond acceptors (Lipinski definition) is 3. The minimum Gasteiger partial charge on any atom is -0.353 e. The number of nitrogens with one attached hydrogen (secondary N) is 2. The minimum absolute atomic E-state index is 0.0599. The molecular weight excluding hydrogens is 238 g/mol. The van der Waals surface area contributed by atoms with Crippen molar-refractivity contribution in [2.45, 2.75) is 77.4 Å². The fourth-order valence-electron chi connectivity index (χ4n) is 3.32. The van der Waals surface area contributed by atoms with Crippen molar-refractivity contribution in [3.8, 4) is 0 Å². The van der Waals surface area contributed by atoms with Gasteiger partial charge in [0.2, 0.25) is 5.91 Å². The third-order valence-corrected chi connectivity index (χ3v) is 3.83. The zero-order chi connectivity index (χ0) is 14.7. The molecule has 19 heavy (non-hydrogen) atoms. The smallest absolute Gasteiger partial charge is 0.223 e. The number of rotatable bonds is 5. The normalized spacial score (nSPS) is 23.9. The number of amides is 1. The van der Waals surface area contributed by atoms with Gasteiger partial charge in [0.05, 0.1) is 0 Å². The molecule has 1 unspecified atom stereocenters. The van der Waals surface area contributed by atoms with Crippen LogP contribution in [-0.2, 0) is 4.79 Å². The van der Waals surface area contributed by atoms with Crippen LogP contribution in [0.2, 0.25) is 0 Å². The molecule has 4 N–H and O–H groups in total. The highest BCUT2D eigenvalue weighted by Crippen LogP contribution is 2.28. The molecule has 1 amide bonds. The molecule has 1 aliphatic rings. The maximum absolute atomic E-state index is 12.2. The van der Waals surface area contributed by atoms with Gasteiger partial charge < -0.3 is 16.4 Å². The largest absolute Gasteiger partial charge is 0.353 e. The van der Waals surface area contributed by atoms with Gasteiger partial charge in [0.25, 0.3) is 0 Å². The third-order valence-electron chi connectivity index (χ3n) is 3.83. The lowest BCUT2D eigenvalue weighted by molar-refractivity contribution is -0.126. The van der Waals surface area contributed by atoms with E-state index in [0.29, 0.717) is 6.54 Å². The van der Waals surface area contributed by atoms with E-state index in [0.717, 1.165) is 25.7 Å². The first-order valence-electron chi connectivity index (χ1n) is 7.45. The van der Waals surface area contributed by atoms with Gasteiger partial charge in [-0.05, 0) is 59.9 Å². The molecule has 4 nitrogen and oxygen atoms in total. The van der Waals surface area contributed by atoms with Crippen molar-refractivity contribution >= 4 is 5.91 Å². The fourth-order valence-corrected chi connectivity index (χ4v) is 3.32. The zero-order valence-corrected chi connectivity index (χ0v) is 13.2. The number of nitrogens with two attached hydrogens (primary N) is 1. The molecule has 0 aliphatic carbocycles. The topological polar surface area (TPSA) is 67.2 Å². The maximum Gasteiger partial charge on any atom is 0.223 e. The van der Waals surface area contributed by atoms with E-state index in [4.69, 9.17) is 5.73 Å². The van der Waals surface area contributed by atoms with Crippen LogP contribution in [0.4, 0.5) is 0 Å². The SMILES string of the molecule is CC(CCCN)C(=O)NC1CC(C)(C)NC(C)(C)C1. The van der Waals surface area contributed by atoms with Gasteiger partial charge in [-0.3, -0.25) is 4.79 Å². The van der Waals surface area contributed by atoms with Gasteiger partial charge in [0.15, 0.2) is 0 Å². The molecular formula is C15H31N3O. The van der Waals surface area contributed by atoms with E-state index in [-0.39, 0.29) is 28.9 Å². The van der Waals surface area contributed by atoms with Gasteiger partial charge in [0, 0.05) is 23.0 Å². The van der Waals surface area contributed by atoms with E-state index in [1.54, 1.807) is 0 Å². The van der Waals surface area contributed by atoms with Gasteiger partial charge in [0.1, 0.15) is 0 Å². The molecule has 0 aromatic heterocycles. The Kier molecular flexibility index (Phi) is 5.39. The van der Waals surface area contributed by atoms with Crippen LogP contribution in [0.3, 0.4) is 0 Å². The molecule has 0 bridgehead atoms. The molecule has 1 saturated heterocycles. The molecule has 0 aromatic rings.